The van der Waals surface area contributed by atoms with Gasteiger partial charge in [0.2, 0.25) is 0 Å². The van der Waals surface area contributed by atoms with Gasteiger partial charge in [0.25, 0.3) is 0 Å². The molecule has 0 aromatic heterocycles. The van der Waals surface area contributed by atoms with Crippen molar-refractivity contribution in [1.82, 2.24) is 5.32 Å². The highest BCUT2D eigenvalue weighted by Gasteiger charge is 2.43. The van der Waals surface area contributed by atoms with Gasteiger partial charge in [0.15, 0.2) is 0 Å². The van der Waals surface area contributed by atoms with Crippen molar-refractivity contribution >= 4 is 0 Å². The SMILES string of the molecule is Oc1ccc(CC2(CNC3CC3)CC2)cc1. The van der Waals surface area contributed by atoms with Gasteiger partial charge < -0.3 is 10.4 Å². The summed E-state index contributed by atoms with van der Waals surface area (Å²) in [6.07, 6.45) is 6.61. The van der Waals surface area contributed by atoms with Crippen molar-refractivity contribution in [2.75, 3.05) is 6.54 Å². The second kappa shape index (κ2) is 3.77. The Bertz CT molecular complexity index is 363. The monoisotopic (exact) mass is 217 g/mol. The zero-order valence-corrected chi connectivity index (χ0v) is 9.58. The molecule has 86 valence electrons. The molecule has 2 aliphatic rings. The van der Waals surface area contributed by atoms with Crippen LogP contribution in [-0.2, 0) is 6.42 Å². The Hall–Kier alpha value is -1.02. The van der Waals surface area contributed by atoms with Crippen molar-refractivity contribution in [1.29, 1.82) is 0 Å². The zero-order chi connectivity index (χ0) is 11.0. The highest BCUT2D eigenvalue weighted by Crippen LogP contribution is 2.48. The fourth-order valence-electron chi connectivity index (χ4n) is 2.29. The maximum atomic E-state index is 9.24. The van der Waals surface area contributed by atoms with Gasteiger partial charge in [-0.1, -0.05) is 12.1 Å². The molecule has 0 bridgehead atoms. The molecule has 1 aromatic carbocycles. The van der Waals surface area contributed by atoms with Gasteiger partial charge in [-0.05, 0) is 55.2 Å². The first kappa shape index (κ1) is 10.2. The standard InChI is InChI=1S/C14H19NO/c16-13-5-1-11(2-6-13)9-14(7-8-14)10-15-12-3-4-12/h1-2,5-6,12,15-16H,3-4,7-10H2. The molecule has 2 nitrogen and oxygen atoms in total. The smallest absolute Gasteiger partial charge is 0.115 e. The summed E-state index contributed by atoms with van der Waals surface area (Å²) in [5, 5.41) is 12.9. The predicted molar refractivity (Wildman–Crippen MR) is 64.5 cm³/mol. The summed E-state index contributed by atoms with van der Waals surface area (Å²) in [6.45, 7) is 1.18. The van der Waals surface area contributed by atoms with E-state index in [0.29, 0.717) is 11.2 Å². The van der Waals surface area contributed by atoms with E-state index in [2.05, 4.69) is 5.32 Å². The summed E-state index contributed by atoms with van der Waals surface area (Å²) in [7, 11) is 0. The van der Waals surface area contributed by atoms with E-state index in [-0.39, 0.29) is 0 Å². The lowest BCUT2D eigenvalue weighted by molar-refractivity contribution is 0.452. The second-order valence-electron chi connectivity index (χ2n) is 5.50. The summed E-state index contributed by atoms with van der Waals surface area (Å²) < 4.78 is 0. The first-order valence-corrected chi connectivity index (χ1v) is 6.27. The maximum absolute atomic E-state index is 9.24. The predicted octanol–water partition coefficient (Wildman–Crippen LogP) is 2.47. The number of nitrogens with one attached hydrogen (secondary N) is 1. The zero-order valence-electron chi connectivity index (χ0n) is 9.58. The molecule has 0 atom stereocenters. The van der Waals surface area contributed by atoms with Gasteiger partial charge in [0.1, 0.15) is 5.75 Å². The molecule has 0 heterocycles. The Morgan fingerprint density at radius 3 is 2.44 bits per heavy atom. The second-order valence-corrected chi connectivity index (χ2v) is 5.50. The molecule has 0 amide bonds. The number of benzene rings is 1. The average molecular weight is 217 g/mol. The molecule has 3 rings (SSSR count). The van der Waals surface area contributed by atoms with Crippen molar-refractivity contribution in [3.05, 3.63) is 29.8 Å². The van der Waals surface area contributed by atoms with Crippen LogP contribution < -0.4 is 5.32 Å². The highest BCUT2D eigenvalue weighted by atomic mass is 16.3. The molecule has 2 fully saturated rings. The summed E-state index contributed by atoms with van der Waals surface area (Å²) in [5.74, 6) is 0.365. The van der Waals surface area contributed by atoms with Crippen molar-refractivity contribution in [2.24, 2.45) is 5.41 Å². The maximum Gasteiger partial charge on any atom is 0.115 e. The van der Waals surface area contributed by atoms with Crippen LogP contribution in [-0.4, -0.2) is 17.7 Å². The number of hydrogen-bond acceptors (Lipinski definition) is 2. The van der Waals surface area contributed by atoms with E-state index < -0.39 is 0 Å². The topological polar surface area (TPSA) is 32.3 Å². The van der Waals surface area contributed by atoms with Crippen LogP contribution in [0.4, 0.5) is 0 Å². The van der Waals surface area contributed by atoms with Crippen LogP contribution >= 0.6 is 0 Å². The molecule has 0 radical (unpaired) electrons. The van der Waals surface area contributed by atoms with E-state index in [4.69, 9.17) is 0 Å². The molecular formula is C14H19NO. The largest absolute Gasteiger partial charge is 0.508 e. The summed E-state index contributed by atoms with van der Waals surface area (Å²) in [6, 6.07) is 8.50. The van der Waals surface area contributed by atoms with Gasteiger partial charge in [-0.3, -0.25) is 0 Å². The first-order valence-electron chi connectivity index (χ1n) is 6.27. The van der Waals surface area contributed by atoms with Gasteiger partial charge >= 0.3 is 0 Å². The Kier molecular flexibility index (Phi) is 2.40. The third-order valence-electron chi connectivity index (χ3n) is 3.82. The molecule has 16 heavy (non-hydrogen) atoms. The van der Waals surface area contributed by atoms with Crippen molar-refractivity contribution in [3.8, 4) is 5.75 Å². The molecule has 2 saturated carbocycles. The van der Waals surface area contributed by atoms with Crippen LogP contribution in [0.2, 0.25) is 0 Å². The fraction of sp³-hybridized carbons (Fsp3) is 0.571. The Balaban J connectivity index is 1.58. The number of aromatic hydroxyl groups is 1. The molecule has 0 aliphatic heterocycles. The minimum absolute atomic E-state index is 0.365. The number of phenolic OH excluding ortho intramolecular Hbond substituents is 1. The quantitative estimate of drug-likeness (QED) is 0.794. The number of rotatable bonds is 5. The Labute approximate surface area is 96.7 Å². The lowest BCUT2D eigenvalue weighted by Crippen LogP contribution is -2.27. The van der Waals surface area contributed by atoms with E-state index in [1.54, 1.807) is 12.1 Å². The summed E-state index contributed by atoms with van der Waals surface area (Å²) in [4.78, 5) is 0. The number of hydrogen-bond donors (Lipinski definition) is 2. The Morgan fingerprint density at radius 2 is 1.88 bits per heavy atom. The molecule has 2 heteroatoms. The fourth-order valence-corrected chi connectivity index (χ4v) is 2.29. The van der Waals surface area contributed by atoms with Crippen LogP contribution in [0.3, 0.4) is 0 Å². The van der Waals surface area contributed by atoms with Gasteiger partial charge in [0, 0.05) is 12.6 Å². The van der Waals surface area contributed by atoms with E-state index in [0.717, 1.165) is 12.5 Å². The molecule has 0 unspecified atom stereocenters. The molecule has 1 aromatic rings. The minimum Gasteiger partial charge on any atom is -0.508 e. The molecule has 2 aliphatic carbocycles. The van der Waals surface area contributed by atoms with Gasteiger partial charge in [-0.15, -0.1) is 0 Å². The van der Waals surface area contributed by atoms with E-state index in [9.17, 15) is 5.11 Å². The number of phenols is 1. The normalized spacial score (nSPS) is 22.0. The summed E-state index contributed by atoms with van der Waals surface area (Å²) in [5.41, 5.74) is 1.88. The van der Waals surface area contributed by atoms with Crippen LogP contribution in [0.25, 0.3) is 0 Å². The van der Waals surface area contributed by atoms with Crippen LogP contribution in [0.5, 0.6) is 5.75 Å². The van der Waals surface area contributed by atoms with Crippen molar-refractivity contribution in [3.63, 3.8) is 0 Å². The lowest BCUT2D eigenvalue weighted by atomic mass is 9.96. The molecule has 0 spiro atoms. The highest BCUT2D eigenvalue weighted by molar-refractivity contribution is 5.27. The van der Waals surface area contributed by atoms with E-state index in [1.165, 1.54) is 37.8 Å². The van der Waals surface area contributed by atoms with Crippen LogP contribution in [0.1, 0.15) is 31.2 Å². The van der Waals surface area contributed by atoms with Crippen LogP contribution in [0, 0.1) is 5.41 Å². The van der Waals surface area contributed by atoms with Gasteiger partial charge in [-0.2, -0.15) is 0 Å². The van der Waals surface area contributed by atoms with Crippen molar-refractivity contribution in [2.45, 2.75) is 38.1 Å². The van der Waals surface area contributed by atoms with Gasteiger partial charge in [0.05, 0.1) is 0 Å². The minimum atomic E-state index is 0.365. The lowest BCUT2D eigenvalue weighted by Gasteiger charge is -2.16. The Morgan fingerprint density at radius 1 is 1.19 bits per heavy atom. The molecular weight excluding hydrogens is 198 g/mol. The van der Waals surface area contributed by atoms with Crippen molar-refractivity contribution < 1.29 is 5.11 Å². The van der Waals surface area contributed by atoms with Crippen LogP contribution in [0.15, 0.2) is 24.3 Å². The third kappa shape index (κ3) is 2.38. The first-order chi connectivity index (χ1) is 7.76. The average Bonchev–Trinajstić information content (AvgIpc) is 3.14. The third-order valence-corrected chi connectivity index (χ3v) is 3.82. The summed E-state index contributed by atoms with van der Waals surface area (Å²) >= 11 is 0. The molecule has 0 saturated heterocycles. The molecule has 2 N–H and O–H groups in total. The van der Waals surface area contributed by atoms with E-state index >= 15 is 0 Å². The van der Waals surface area contributed by atoms with E-state index in [1.807, 2.05) is 12.1 Å². The van der Waals surface area contributed by atoms with Gasteiger partial charge in [-0.25, -0.2) is 0 Å².